The molecule has 0 unspecified atom stereocenters. The van der Waals surface area contributed by atoms with Gasteiger partial charge in [-0.3, -0.25) is 0 Å². The fourth-order valence-corrected chi connectivity index (χ4v) is 2.55. The summed E-state index contributed by atoms with van der Waals surface area (Å²) in [4.78, 5) is 0. The molecule has 0 aromatic rings. The van der Waals surface area contributed by atoms with Gasteiger partial charge in [0.2, 0.25) is 10.0 Å². The van der Waals surface area contributed by atoms with Crippen molar-refractivity contribution >= 4 is 10.0 Å². The number of hydrogen-bond donors (Lipinski definition) is 1. The number of nitrogens with one attached hydrogen (secondary N) is 1. The minimum absolute atomic E-state index is 0.503. The lowest BCUT2D eigenvalue weighted by Crippen LogP contribution is -2.44. The summed E-state index contributed by atoms with van der Waals surface area (Å²) in [5.41, 5.74) is 0. The number of rotatable bonds is 3. The maximum Gasteiger partial charge on any atom is 0.211 e. The van der Waals surface area contributed by atoms with E-state index >= 15 is 0 Å². The Morgan fingerprint density at radius 1 is 1.38 bits per heavy atom. The van der Waals surface area contributed by atoms with Gasteiger partial charge in [0, 0.05) is 19.1 Å². The van der Waals surface area contributed by atoms with Crippen molar-refractivity contribution in [1.29, 1.82) is 0 Å². The van der Waals surface area contributed by atoms with Crippen molar-refractivity contribution in [2.75, 3.05) is 25.9 Å². The molecule has 1 rings (SSSR count). The van der Waals surface area contributed by atoms with Crippen molar-refractivity contribution in [3.8, 4) is 0 Å². The van der Waals surface area contributed by atoms with Crippen LogP contribution >= 0.6 is 0 Å². The van der Waals surface area contributed by atoms with Gasteiger partial charge in [0.05, 0.1) is 6.26 Å². The van der Waals surface area contributed by atoms with E-state index < -0.39 is 10.0 Å². The quantitative estimate of drug-likeness (QED) is 0.708. The third-order valence-electron chi connectivity index (χ3n) is 2.42. The van der Waals surface area contributed by atoms with E-state index in [1.807, 2.05) is 0 Å². The minimum Gasteiger partial charge on any atom is -0.314 e. The third-order valence-corrected chi connectivity index (χ3v) is 3.72. The van der Waals surface area contributed by atoms with Crippen LogP contribution in [0, 0.1) is 0 Å². The highest BCUT2D eigenvalue weighted by atomic mass is 32.2. The van der Waals surface area contributed by atoms with Crippen molar-refractivity contribution in [2.45, 2.75) is 25.8 Å². The highest BCUT2D eigenvalue weighted by molar-refractivity contribution is 7.88. The molecule has 0 aliphatic carbocycles. The average molecular weight is 206 g/mol. The zero-order valence-corrected chi connectivity index (χ0v) is 9.10. The molecular formula is C8H18N2O2S. The van der Waals surface area contributed by atoms with Crippen molar-refractivity contribution in [2.24, 2.45) is 0 Å². The fraction of sp³-hybridized carbons (Fsp3) is 1.00. The number of piperidine rings is 1. The predicted octanol–water partition coefficient (Wildman–Crippen LogP) is 0.0199. The third kappa shape index (κ3) is 3.25. The van der Waals surface area contributed by atoms with E-state index in [0.717, 1.165) is 19.4 Å². The lowest BCUT2D eigenvalue weighted by Gasteiger charge is -2.30. The summed E-state index contributed by atoms with van der Waals surface area (Å²) >= 11 is 0. The Kier molecular flexibility index (Phi) is 3.70. The number of nitrogens with zero attached hydrogens (tertiary/aromatic N) is 1. The largest absolute Gasteiger partial charge is 0.314 e. The van der Waals surface area contributed by atoms with E-state index in [1.54, 1.807) is 4.31 Å². The molecule has 0 aromatic heterocycles. The van der Waals surface area contributed by atoms with Crippen molar-refractivity contribution in [1.82, 2.24) is 9.62 Å². The second kappa shape index (κ2) is 4.39. The lowest BCUT2D eigenvalue weighted by atomic mass is 10.1. The van der Waals surface area contributed by atoms with E-state index in [1.165, 1.54) is 6.26 Å². The topological polar surface area (TPSA) is 49.4 Å². The SMILES string of the molecule is CCNC1CCN(S(C)(=O)=O)CC1. The van der Waals surface area contributed by atoms with Gasteiger partial charge in [-0.05, 0) is 19.4 Å². The molecule has 4 nitrogen and oxygen atoms in total. The van der Waals surface area contributed by atoms with Crippen LogP contribution in [0.5, 0.6) is 0 Å². The first kappa shape index (κ1) is 10.9. The first-order chi connectivity index (χ1) is 6.04. The highest BCUT2D eigenvalue weighted by Gasteiger charge is 2.23. The molecule has 0 saturated carbocycles. The zero-order chi connectivity index (χ0) is 9.90. The minimum atomic E-state index is -2.96. The van der Waals surface area contributed by atoms with Gasteiger partial charge in [-0.1, -0.05) is 6.92 Å². The molecular weight excluding hydrogens is 188 g/mol. The van der Waals surface area contributed by atoms with E-state index in [0.29, 0.717) is 19.1 Å². The molecule has 0 aromatic carbocycles. The van der Waals surface area contributed by atoms with Gasteiger partial charge in [0.1, 0.15) is 0 Å². The summed E-state index contributed by atoms with van der Waals surface area (Å²) in [5, 5.41) is 3.33. The molecule has 0 atom stereocenters. The normalized spacial score (nSPS) is 22.0. The van der Waals surface area contributed by atoms with E-state index in [9.17, 15) is 8.42 Å². The zero-order valence-electron chi connectivity index (χ0n) is 8.28. The Hall–Kier alpha value is -0.130. The second-order valence-electron chi connectivity index (χ2n) is 3.49. The Morgan fingerprint density at radius 3 is 2.31 bits per heavy atom. The van der Waals surface area contributed by atoms with Crippen LogP contribution in [-0.2, 0) is 10.0 Å². The monoisotopic (exact) mass is 206 g/mol. The first-order valence-corrected chi connectivity index (χ1v) is 6.57. The molecule has 78 valence electrons. The van der Waals surface area contributed by atoms with Gasteiger partial charge in [-0.25, -0.2) is 12.7 Å². The maximum absolute atomic E-state index is 11.2. The van der Waals surface area contributed by atoms with E-state index in [4.69, 9.17) is 0 Å². The van der Waals surface area contributed by atoms with Gasteiger partial charge >= 0.3 is 0 Å². The van der Waals surface area contributed by atoms with Crippen LogP contribution in [0.1, 0.15) is 19.8 Å². The van der Waals surface area contributed by atoms with Gasteiger partial charge in [0.25, 0.3) is 0 Å². The van der Waals surface area contributed by atoms with Crippen LogP contribution in [0.3, 0.4) is 0 Å². The molecule has 0 spiro atoms. The van der Waals surface area contributed by atoms with Crippen LogP contribution in [0.25, 0.3) is 0 Å². The Morgan fingerprint density at radius 2 is 1.92 bits per heavy atom. The summed E-state index contributed by atoms with van der Waals surface area (Å²) in [6.45, 7) is 4.36. The molecule has 1 aliphatic heterocycles. The van der Waals surface area contributed by atoms with Crippen LogP contribution in [0.15, 0.2) is 0 Å². The molecule has 0 radical (unpaired) electrons. The van der Waals surface area contributed by atoms with E-state index in [-0.39, 0.29) is 0 Å². The molecule has 0 amide bonds. The van der Waals surface area contributed by atoms with Crippen LogP contribution in [0.4, 0.5) is 0 Å². The number of hydrogen-bond acceptors (Lipinski definition) is 3. The summed E-state index contributed by atoms with van der Waals surface area (Å²) in [6, 6.07) is 0.503. The predicted molar refractivity (Wildman–Crippen MR) is 53.1 cm³/mol. The Bertz CT molecular complexity index is 243. The summed E-state index contributed by atoms with van der Waals surface area (Å²) in [7, 11) is -2.96. The molecule has 1 heterocycles. The van der Waals surface area contributed by atoms with Crippen molar-refractivity contribution in [3.05, 3.63) is 0 Å². The van der Waals surface area contributed by atoms with Crippen molar-refractivity contribution < 1.29 is 8.42 Å². The van der Waals surface area contributed by atoms with Gasteiger partial charge in [-0.15, -0.1) is 0 Å². The number of sulfonamides is 1. The lowest BCUT2D eigenvalue weighted by molar-refractivity contribution is 0.294. The van der Waals surface area contributed by atoms with Gasteiger partial charge < -0.3 is 5.32 Å². The van der Waals surface area contributed by atoms with Crippen LogP contribution < -0.4 is 5.32 Å². The van der Waals surface area contributed by atoms with Crippen LogP contribution in [0.2, 0.25) is 0 Å². The Balaban J connectivity index is 2.39. The molecule has 1 N–H and O–H groups in total. The van der Waals surface area contributed by atoms with Gasteiger partial charge in [-0.2, -0.15) is 0 Å². The average Bonchev–Trinajstić information content (AvgIpc) is 2.04. The molecule has 5 heteroatoms. The molecule has 1 fully saturated rings. The summed E-state index contributed by atoms with van der Waals surface area (Å²) in [5.74, 6) is 0. The van der Waals surface area contributed by atoms with E-state index in [2.05, 4.69) is 12.2 Å². The molecule has 1 aliphatic rings. The van der Waals surface area contributed by atoms with Gasteiger partial charge in [0.15, 0.2) is 0 Å². The summed E-state index contributed by atoms with van der Waals surface area (Å²) < 4.78 is 23.9. The summed E-state index contributed by atoms with van der Waals surface area (Å²) in [6.07, 6.45) is 3.14. The molecule has 13 heavy (non-hydrogen) atoms. The fourth-order valence-electron chi connectivity index (χ4n) is 1.68. The Labute approximate surface area is 80.4 Å². The highest BCUT2D eigenvalue weighted by Crippen LogP contribution is 2.12. The smallest absolute Gasteiger partial charge is 0.211 e. The van der Waals surface area contributed by atoms with Crippen molar-refractivity contribution in [3.63, 3.8) is 0 Å². The molecule has 0 bridgehead atoms. The molecule has 1 saturated heterocycles. The second-order valence-corrected chi connectivity index (χ2v) is 5.48. The maximum atomic E-state index is 11.2. The van der Waals surface area contributed by atoms with Crippen LogP contribution in [-0.4, -0.2) is 44.7 Å². The standard InChI is InChI=1S/C8H18N2O2S/c1-3-9-8-4-6-10(7-5-8)13(2,11)12/h8-9H,3-7H2,1-2H3. The first-order valence-electron chi connectivity index (χ1n) is 4.72.